The minimum absolute atomic E-state index is 0.0573. The van der Waals surface area contributed by atoms with Crippen LogP contribution in [0.2, 0.25) is 0 Å². The molecule has 0 saturated carbocycles. The van der Waals surface area contributed by atoms with Crippen molar-refractivity contribution in [2.75, 3.05) is 95.0 Å². The van der Waals surface area contributed by atoms with E-state index in [2.05, 4.69) is 174 Å². The summed E-state index contributed by atoms with van der Waals surface area (Å²) in [4.78, 5) is 74.9. The summed E-state index contributed by atoms with van der Waals surface area (Å²) in [6.07, 6.45) is 104. The van der Waals surface area contributed by atoms with Crippen LogP contribution in [0.3, 0.4) is 0 Å². The van der Waals surface area contributed by atoms with Gasteiger partial charge in [-0.2, -0.15) is 0 Å². The van der Waals surface area contributed by atoms with Gasteiger partial charge < -0.3 is 55.8 Å². The standard InChI is InChI=1S/2C48H80NO8P/c1-6-8-10-12-14-16-18-20-22-23-24-25-27-29-31-33-35-37-39-41-48(51)57-46(45-56-58(52,53)55-43-42-49(3,4)5)44-54-47(50)40-38-36-34-32-30-28-26-21-19-17-15-13-11-9-7-2;1-6-8-10-12-14-16-18-20-22-24-26-28-30-32-34-36-38-40-47(50)54-44-46(45-56-58(52,53)55-43-42-49(3,4)5)57-48(51)41-39-37-35-33-31-29-27-25-23-21-19-17-15-13-11-9-7-2/h8,10,14,16,20,22,24-25,28-31,34-37,46H,6-7,9,11-13,15,17-19,21,23,26-27,32-33,38-45H2,1-5H3;16-19,22-25,28-31,34-37,46H,6-15,20-21,26-27,32-33,38-45H2,1-5H3/b10-8-,16-14-,22-20-,25-24-,30-28-,31-29-,36-34-,37-35-;18-16-,19-17-,24-22-,25-23-,30-28-,31-29-,36-34-,37-35-. The van der Waals surface area contributed by atoms with Gasteiger partial charge in [0.1, 0.15) is 39.5 Å². The molecule has 0 amide bonds. The summed E-state index contributed by atoms with van der Waals surface area (Å²) >= 11 is 0. The van der Waals surface area contributed by atoms with Gasteiger partial charge in [0.15, 0.2) is 12.2 Å². The highest BCUT2D eigenvalue weighted by Crippen LogP contribution is 2.39. The molecule has 4 unspecified atom stereocenters. The van der Waals surface area contributed by atoms with E-state index in [-0.39, 0.29) is 52.1 Å². The molecule has 0 heterocycles. The van der Waals surface area contributed by atoms with Crippen LogP contribution in [0, 0.1) is 0 Å². The monoisotopic (exact) mass is 1660 g/mol. The van der Waals surface area contributed by atoms with E-state index in [1.165, 1.54) is 103 Å². The molecule has 20 heteroatoms. The molecule has 18 nitrogen and oxygen atoms in total. The summed E-state index contributed by atoms with van der Waals surface area (Å²) in [7, 11) is 2.15. The van der Waals surface area contributed by atoms with Gasteiger partial charge in [0.05, 0.1) is 55.5 Å². The molecule has 0 aromatic carbocycles. The summed E-state index contributed by atoms with van der Waals surface area (Å²) in [5.74, 6) is -2.05. The van der Waals surface area contributed by atoms with E-state index in [4.69, 9.17) is 37.0 Å². The van der Waals surface area contributed by atoms with Crippen molar-refractivity contribution in [3.8, 4) is 0 Å². The highest BCUT2D eigenvalue weighted by atomic mass is 31.2. The van der Waals surface area contributed by atoms with Gasteiger partial charge >= 0.3 is 23.9 Å². The molecule has 0 aliphatic heterocycles. The zero-order valence-corrected chi connectivity index (χ0v) is 75.7. The fourth-order valence-corrected chi connectivity index (χ4v) is 11.8. The van der Waals surface area contributed by atoms with Crippen LogP contribution in [0.5, 0.6) is 0 Å². The number of quaternary nitrogens is 2. The number of nitrogens with zero attached hydrogens (tertiary/aromatic N) is 2. The minimum Gasteiger partial charge on any atom is -0.756 e. The second kappa shape index (κ2) is 82.6. The van der Waals surface area contributed by atoms with E-state index >= 15 is 0 Å². The molecule has 0 spiro atoms. The number of phosphoric acid groups is 2. The number of rotatable bonds is 76. The number of likely N-dealkylation sites (N-methyl/N-ethyl adjacent to an activating group) is 2. The predicted octanol–water partition coefficient (Wildman–Crippen LogP) is 23.9. The maximum Gasteiger partial charge on any atom is 0.306 e. The van der Waals surface area contributed by atoms with Gasteiger partial charge in [0, 0.05) is 25.7 Å². The van der Waals surface area contributed by atoms with Crippen molar-refractivity contribution >= 4 is 39.5 Å². The first-order chi connectivity index (χ1) is 56.0. The molecule has 0 bridgehead atoms. The van der Waals surface area contributed by atoms with Crippen molar-refractivity contribution in [1.29, 1.82) is 0 Å². The molecule has 660 valence electrons. The quantitative estimate of drug-likeness (QED) is 0.0138. The summed E-state index contributed by atoms with van der Waals surface area (Å²) in [6, 6.07) is 0. The Labute approximate surface area is 706 Å². The van der Waals surface area contributed by atoms with Crippen molar-refractivity contribution < 1.29 is 84.1 Å². The number of unbranched alkanes of at least 4 members (excludes halogenated alkanes) is 16. The zero-order chi connectivity index (χ0) is 85.7. The molecule has 0 fully saturated rings. The third kappa shape index (κ3) is 91.8. The molecule has 0 rings (SSSR count). The van der Waals surface area contributed by atoms with E-state index in [1.807, 2.05) is 90.9 Å². The van der Waals surface area contributed by atoms with Gasteiger partial charge in [0.25, 0.3) is 15.6 Å². The molecule has 0 aliphatic rings. The van der Waals surface area contributed by atoms with Crippen molar-refractivity contribution in [2.24, 2.45) is 0 Å². The molecular formula is C96H160N2O16P2. The van der Waals surface area contributed by atoms with Crippen LogP contribution in [0.1, 0.15) is 285 Å². The number of carbonyl (C=O) groups excluding carboxylic acids is 4. The van der Waals surface area contributed by atoms with Crippen molar-refractivity contribution in [2.45, 2.75) is 297 Å². The number of carbonyl (C=O) groups is 4. The number of esters is 4. The van der Waals surface area contributed by atoms with Crippen LogP contribution in [0.25, 0.3) is 0 Å². The third-order valence-corrected chi connectivity index (χ3v) is 19.1. The average Bonchev–Trinajstić information content (AvgIpc) is 0.906. The number of allylic oxidation sites excluding steroid dienone is 32. The van der Waals surface area contributed by atoms with E-state index < -0.39 is 64.9 Å². The summed E-state index contributed by atoms with van der Waals surface area (Å²) in [6.45, 7) is 7.92. The van der Waals surface area contributed by atoms with Crippen LogP contribution in [-0.4, -0.2) is 140 Å². The van der Waals surface area contributed by atoms with E-state index in [9.17, 15) is 38.1 Å². The van der Waals surface area contributed by atoms with Gasteiger partial charge in [-0.15, -0.1) is 0 Å². The van der Waals surface area contributed by atoms with Gasteiger partial charge in [-0.1, -0.05) is 306 Å². The fourth-order valence-electron chi connectivity index (χ4n) is 10.3. The smallest absolute Gasteiger partial charge is 0.306 e. The topological polar surface area (TPSA) is 222 Å². The second-order valence-electron chi connectivity index (χ2n) is 30.7. The largest absolute Gasteiger partial charge is 0.756 e. The maximum atomic E-state index is 12.6. The third-order valence-electron chi connectivity index (χ3n) is 17.2. The minimum atomic E-state index is -4.66. The van der Waals surface area contributed by atoms with Crippen LogP contribution in [-0.2, 0) is 65.4 Å². The Bertz CT molecular complexity index is 3010. The Morgan fingerprint density at radius 2 is 0.491 bits per heavy atom. The summed E-state index contributed by atoms with van der Waals surface area (Å²) in [5, 5.41) is 0. The predicted molar refractivity (Wildman–Crippen MR) is 480 cm³/mol. The van der Waals surface area contributed by atoms with Crippen molar-refractivity contribution in [1.82, 2.24) is 0 Å². The molecule has 0 aliphatic carbocycles. The van der Waals surface area contributed by atoms with Crippen molar-refractivity contribution in [3.63, 3.8) is 0 Å². The highest BCUT2D eigenvalue weighted by molar-refractivity contribution is 7.46. The lowest BCUT2D eigenvalue weighted by molar-refractivity contribution is -0.870. The normalized spacial score (nSPS) is 14.5. The lowest BCUT2D eigenvalue weighted by Gasteiger charge is -2.28. The summed E-state index contributed by atoms with van der Waals surface area (Å²) < 4.78 is 67.4. The van der Waals surface area contributed by atoms with E-state index in [0.717, 1.165) is 103 Å². The Kier molecular flexibility index (Phi) is 79.6. The number of ether oxygens (including phenoxy) is 4. The number of phosphoric ester groups is 2. The van der Waals surface area contributed by atoms with Crippen LogP contribution < -0.4 is 9.79 Å². The Balaban J connectivity index is 0. The highest BCUT2D eigenvalue weighted by Gasteiger charge is 2.24. The molecular weight excluding hydrogens is 1500 g/mol. The molecule has 4 atom stereocenters. The average molecular weight is 1660 g/mol. The van der Waals surface area contributed by atoms with Crippen LogP contribution in [0.4, 0.5) is 0 Å². The van der Waals surface area contributed by atoms with Crippen LogP contribution >= 0.6 is 15.6 Å². The Morgan fingerprint density at radius 3 is 0.741 bits per heavy atom. The molecule has 0 aromatic heterocycles. The molecule has 0 saturated heterocycles. The molecule has 0 radical (unpaired) electrons. The summed E-state index contributed by atoms with van der Waals surface area (Å²) in [5.41, 5.74) is 0. The number of hydrogen-bond acceptors (Lipinski definition) is 16. The van der Waals surface area contributed by atoms with Gasteiger partial charge in [-0.25, -0.2) is 0 Å². The zero-order valence-electron chi connectivity index (χ0n) is 73.9. The molecule has 0 aromatic rings. The Morgan fingerprint density at radius 1 is 0.276 bits per heavy atom. The molecule has 0 N–H and O–H groups in total. The SMILES string of the molecule is CC/C=C\C/C=C\C/C=C\C/C=C\C/C=C\C/C=C\CCC(=O)OC(COC(=O)CC/C=C\C/C=C\CCCCCCCCCC)COP(=O)([O-])OCC[N+](C)(C)C.CCCCCC/C=C\C/C=C\C/C=C\C/C=C\CCC(=O)OCC(COP(=O)([O-])OCC[N+](C)(C)C)OC(=O)CC/C=C\C/C=C\C/C=C\C/C=C\CCCCCC. The van der Waals surface area contributed by atoms with Crippen LogP contribution in [0.15, 0.2) is 194 Å². The van der Waals surface area contributed by atoms with E-state index in [1.54, 1.807) is 0 Å². The Hall–Kier alpha value is -6.14. The first-order valence-corrected chi connectivity index (χ1v) is 46.8. The van der Waals surface area contributed by atoms with Crippen molar-refractivity contribution in [3.05, 3.63) is 194 Å². The first-order valence-electron chi connectivity index (χ1n) is 43.9. The van der Waals surface area contributed by atoms with E-state index in [0.29, 0.717) is 47.7 Å². The lowest BCUT2D eigenvalue weighted by atomic mass is 10.1. The van der Waals surface area contributed by atoms with Gasteiger partial charge in [0.2, 0.25) is 0 Å². The van der Waals surface area contributed by atoms with Gasteiger partial charge in [-0.3, -0.25) is 28.3 Å². The molecule has 116 heavy (non-hydrogen) atoms. The lowest BCUT2D eigenvalue weighted by Crippen LogP contribution is -2.37. The van der Waals surface area contributed by atoms with Gasteiger partial charge in [-0.05, 0) is 148 Å². The maximum absolute atomic E-state index is 12.6. The second-order valence-corrected chi connectivity index (χ2v) is 33.5. The number of hydrogen-bond donors (Lipinski definition) is 0. The fraction of sp³-hybridized carbons (Fsp3) is 0.625. The first kappa shape index (κ1) is 112.